The molecule has 0 fully saturated rings. The molecule has 2 aromatic heterocycles. The first-order chi connectivity index (χ1) is 14.3. The lowest BCUT2D eigenvalue weighted by Crippen LogP contribution is -2.21. The van der Waals surface area contributed by atoms with Crippen LogP contribution < -0.4 is 5.56 Å². The van der Waals surface area contributed by atoms with Crippen LogP contribution in [0.1, 0.15) is 5.56 Å². The minimum atomic E-state index is -0.0520. The molecule has 0 radical (unpaired) electrons. The molecule has 0 bridgehead atoms. The highest BCUT2D eigenvalue weighted by Crippen LogP contribution is 2.27. The first-order valence-electron chi connectivity index (χ1n) is 9.34. The summed E-state index contributed by atoms with van der Waals surface area (Å²) in [5.74, 6) is 0.695. The number of fused-ring (bicyclic) bond motifs is 2. The van der Waals surface area contributed by atoms with Crippen molar-refractivity contribution in [1.29, 1.82) is 0 Å². The third kappa shape index (κ3) is 3.30. The Morgan fingerprint density at radius 2 is 1.45 bits per heavy atom. The van der Waals surface area contributed by atoms with E-state index in [0.29, 0.717) is 21.8 Å². The predicted molar refractivity (Wildman–Crippen MR) is 119 cm³/mol. The third-order valence-corrected chi connectivity index (χ3v) is 5.84. The van der Waals surface area contributed by atoms with E-state index < -0.39 is 0 Å². The number of thioether (sulfide) groups is 1. The zero-order valence-electron chi connectivity index (χ0n) is 15.5. The number of benzene rings is 3. The first kappa shape index (κ1) is 17.6. The van der Waals surface area contributed by atoms with Crippen LogP contribution in [0.25, 0.3) is 27.5 Å². The first-order valence-corrected chi connectivity index (χ1v) is 10.3. The van der Waals surface area contributed by atoms with Crippen molar-refractivity contribution in [3.63, 3.8) is 0 Å². The van der Waals surface area contributed by atoms with Gasteiger partial charge in [-0.1, -0.05) is 60.3 Å². The van der Waals surface area contributed by atoms with Crippen molar-refractivity contribution < 1.29 is 0 Å². The van der Waals surface area contributed by atoms with E-state index in [9.17, 15) is 4.79 Å². The molecule has 0 amide bonds. The van der Waals surface area contributed by atoms with Gasteiger partial charge >= 0.3 is 0 Å². The molecule has 0 aliphatic heterocycles. The van der Waals surface area contributed by atoms with E-state index in [1.54, 1.807) is 16.3 Å². The highest BCUT2D eigenvalue weighted by Gasteiger charge is 2.14. The monoisotopic (exact) mass is 395 g/mol. The van der Waals surface area contributed by atoms with Crippen molar-refractivity contribution in [1.82, 2.24) is 14.5 Å². The lowest BCUT2D eigenvalue weighted by atomic mass is 10.1. The van der Waals surface area contributed by atoms with Crippen LogP contribution in [0.15, 0.2) is 101 Å². The maximum Gasteiger partial charge on any atom is 0.266 e. The van der Waals surface area contributed by atoms with E-state index in [1.807, 2.05) is 85.1 Å². The van der Waals surface area contributed by atoms with Gasteiger partial charge in [-0.15, -0.1) is 0 Å². The van der Waals surface area contributed by atoms with E-state index in [0.717, 1.165) is 16.6 Å². The van der Waals surface area contributed by atoms with Crippen molar-refractivity contribution >= 4 is 33.6 Å². The molecule has 0 saturated heterocycles. The van der Waals surface area contributed by atoms with Gasteiger partial charge in [-0.2, -0.15) is 0 Å². The van der Waals surface area contributed by atoms with Crippen LogP contribution in [-0.4, -0.2) is 14.5 Å². The van der Waals surface area contributed by atoms with E-state index >= 15 is 0 Å². The molecule has 0 atom stereocenters. The molecular weight excluding hydrogens is 378 g/mol. The van der Waals surface area contributed by atoms with Gasteiger partial charge in [-0.3, -0.25) is 14.3 Å². The molecule has 4 nitrogen and oxygen atoms in total. The summed E-state index contributed by atoms with van der Waals surface area (Å²) in [6, 6.07) is 27.3. The van der Waals surface area contributed by atoms with Crippen LogP contribution in [0.3, 0.4) is 0 Å². The fraction of sp³-hybridized carbons (Fsp3) is 0.0417. The number of aromatic nitrogens is 3. The van der Waals surface area contributed by atoms with Gasteiger partial charge in [-0.05, 0) is 42.0 Å². The molecule has 0 spiro atoms. The van der Waals surface area contributed by atoms with Gasteiger partial charge in [-0.25, -0.2) is 4.98 Å². The Bertz CT molecular complexity index is 1370. The van der Waals surface area contributed by atoms with Crippen LogP contribution in [0, 0.1) is 0 Å². The second-order valence-electron chi connectivity index (χ2n) is 6.66. The number of hydrogen-bond acceptors (Lipinski definition) is 4. The quantitative estimate of drug-likeness (QED) is 0.309. The zero-order chi connectivity index (χ0) is 19.6. The molecule has 5 heteroatoms. The van der Waals surface area contributed by atoms with Crippen molar-refractivity contribution in [2.45, 2.75) is 10.9 Å². The average Bonchev–Trinajstić information content (AvgIpc) is 2.78. The summed E-state index contributed by atoms with van der Waals surface area (Å²) >= 11 is 1.56. The maximum atomic E-state index is 13.3. The molecule has 0 aliphatic rings. The Kier molecular flexibility index (Phi) is 4.58. The Morgan fingerprint density at radius 1 is 0.759 bits per heavy atom. The normalized spacial score (nSPS) is 11.2. The topological polar surface area (TPSA) is 47.8 Å². The highest BCUT2D eigenvalue weighted by atomic mass is 32.2. The predicted octanol–water partition coefficient (Wildman–Crippen LogP) is 5.23. The average molecular weight is 395 g/mol. The van der Waals surface area contributed by atoms with Gasteiger partial charge in [0, 0.05) is 17.3 Å². The summed E-state index contributed by atoms with van der Waals surface area (Å²) < 4.78 is 1.70. The minimum Gasteiger partial charge on any atom is -0.268 e. The largest absolute Gasteiger partial charge is 0.268 e. The Hall–Kier alpha value is -3.44. The van der Waals surface area contributed by atoms with Gasteiger partial charge in [0.2, 0.25) is 0 Å². The molecule has 2 heterocycles. The minimum absolute atomic E-state index is 0.0520. The fourth-order valence-electron chi connectivity index (χ4n) is 3.44. The Morgan fingerprint density at radius 3 is 2.28 bits per heavy atom. The van der Waals surface area contributed by atoms with Gasteiger partial charge in [0.15, 0.2) is 5.16 Å². The van der Waals surface area contributed by atoms with E-state index in [1.165, 1.54) is 5.56 Å². The van der Waals surface area contributed by atoms with Crippen LogP contribution in [0.2, 0.25) is 0 Å². The van der Waals surface area contributed by atoms with E-state index in [2.05, 4.69) is 11.1 Å². The molecule has 5 aromatic rings. The SMILES string of the molecule is O=c1c2ccccc2nc(SCc2ccnc3ccccc23)n1-c1ccccc1. The number of hydrogen-bond donors (Lipinski definition) is 0. The van der Waals surface area contributed by atoms with Crippen LogP contribution in [0.4, 0.5) is 0 Å². The van der Waals surface area contributed by atoms with Crippen LogP contribution in [-0.2, 0) is 5.75 Å². The molecule has 0 N–H and O–H groups in total. The molecule has 29 heavy (non-hydrogen) atoms. The zero-order valence-corrected chi connectivity index (χ0v) is 16.3. The number of pyridine rings is 1. The van der Waals surface area contributed by atoms with Gasteiger partial charge in [0.05, 0.1) is 22.1 Å². The van der Waals surface area contributed by atoms with Crippen molar-refractivity contribution in [2.75, 3.05) is 0 Å². The summed E-state index contributed by atoms with van der Waals surface area (Å²) in [5, 5.41) is 2.42. The Balaban J connectivity index is 1.63. The van der Waals surface area contributed by atoms with Crippen molar-refractivity contribution in [3.05, 3.63) is 107 Å². The van der Waals surface area contributed by atoms with Gasteiger partial charge in [0.25, 0.3) is 5.56 Å². The van der Waals surface area contributed by atoms with Crippen LogP contribution in [0.5, 0.6) is 0 Å². The molecular formula is C24H17N3OS. The third-order valence-electron chi connectivity index (χ3n) is 4.86. The molecule has 140 valence electrons. The van der Waals surface area contributed by atoms with Crippen LogP contribution >= 0.6 is 11.8 Å². The number of nitrogens with zero attached hydrogens (tertiary/aromatic N) is 3. The number of para-hydroxylation sites is 3. The summed E-state index contributed by atoms with van der Waals surface area (Å²) in [4.78, 5) is 22.5. The van der Waals surface area contributed by atoms with E-state index in [-0.39, 0.29) is 5.56 Å². The standard InChI is InChI=1S/C24H17N3OS/c28-23-20-11-5-7-13-22(20)26-24(27(23)18-8-2-1-3-9-18)29-16-17-14-15-25-21-12-6-4-10-19(17)21/h1-15H,16H2. The fourth-order valence-corrected chi connectivity index (χ4v) is 4.45. The molecule has 3 aromatic carbocycles. The van der Waals surface area contributed by atoms with E-state index in [4.69, 9.17) is 4.98 Å². The molecule has 5 rings (SSSR count). The molecule has 0 aliphatic carbocycles. The smallest absolute Gasteiger partial charge is 0.266 e. The summed E-state index contributed by atoms with van der Waals surface area (Å²) in [6.07, 6.45) is 1.83. The lowest BCUT2D eigenvalue weighted by Gasteiger charge is -2.13. The summed E-state index contributed by atoms with van der Waals surface area (Å²) in [6.45, 7) is 0. The Labute approximate surface area is 171 Å². The van der Waals surface area contributed by atoms with Gasteiger partial charge in [0.1, 0.15) is 0 Å². The lowest BCUT2D eigenvalue weighted by molar-refractivity contribution is 0.820. The second-order valence-corrected chi connectivity index (χ2v) is 7.61. The summed E-state index contributed by atoms with van der Waals surface area (Å²) in [5.41, 5.74) is 3.62. The van der Waals surface area contributed by atoms with Crippen molar-refractivity contribution in [3.8, 4) is 5.69 Å². The highest BCUT2D eigenvalue weighted by molar-refractivity contribution is 7.98. The van der Waals surface area contributed by atoms with Crippen molar-refractivity contribution in [2.24, 2.45) is 0 Å². The summed E-state index contributed by atoms with van der Waals surface area (Å²) in [7, 11) is 0. The molecule has 0 saturated carbocycles. The second kappa shape index (κ2) is 7.53. The maximum absolute atomic E-state index is 13.3. The van der Waals surface area contributed by atoms with Gasteiger partial charge < -0.3 is 0 Å². The number of rotatable bonds is 4. The molecule has 0 unspecified atom stereocenters.